The van der Waals surface area contributed by atoms with Crippen molar-refractivity contribution in [2.75, 3.05) is 13.1 Å². The first kappa shape index (κ1) is 18.5. The predicted octanol–water partition coefficient (Wildman–Crippen LogP) is 5.56. The van der Waals surface area contributed by atoms with Crippen LogP contribution in [0.5, 0.6) is 0 Å². The fraction of sp³-hybridized carbons (Fsp3) is 0.947. The normalized spacial score (nSPS) is 15.4. The van der Waals surface area contributed by atoms with E-state index in [1.165, 1.54) is 70.6 Å². The van der Waals surface area contributed by atoms with Gasteiger partial charge in [-0.2, -0.15) is 0 Å². The molecule has 0 bridgehead atoms. The summed E-state index contributed by atoms with van der Waals surface area (Å²) in [7, 11) is 0. The predicted molar refractivity (Wildman–Crippen MR) is 91.4 cm³/mol. The molecule has 1 aliphatic rings. The van der Waals surface area contributed by atoms with Gasteiger partial charge >= 0.3 is 0 Å². The van der Waals surface area contributed by atoms with Gasteiger partial charge in [-0.25, -0.2) is 0 Å². The van der Waals surface area contributed by atoms with Crippen molar-refractivity contribution in [2.24, 2.45) is 5.92 Å². The average Bonchev–Trinajstić information content (AvgIpc) is 2.90. The van der Waals surface area contributed by atoms with E-state index in [-0.39, 0.29) is 0 Å². The molecule has 0 aromatic carbocycles. The lowest BCUT2D eigenvalue weighted by molar-refractivity contribution is -0.127. The van der Waals surface area contributed by atoms with Crippen LogP contribution in [0.4, 0.5) is 0 Å². The van der Waals surface area contributed by atoms with Crippen LogP contribution < -0.4 is 0 Å². The first-order chi connectivity index (χ1) is 10.3. The van der Waals surface area contributed by atoms with Crippen LogP contribution >= 0.6 is 0 Å². The highest BCUT2D eigenvalue weighted by atomic mass is 16.2. The van der Waals surface area contributed by atoms with E-state index in [1.54, 1.807) is 0 Å². The van der Waals surface area contributed by atoms with E-state index in [0.29, 0.717) is 5.91 Å². The second kappa shape index (κ2) is 12.1. The summed E-state index contributed by atoms with van der Waals surface area (Å²) in [5.74, 6) is 1.25. The van der Waals surface area contributed by atoms with Crippen LogP contribution in [0.25, 0.3) is 0 Å². The molecule has 124 valence electrons. The largest absolute Gasteiger partial charge is 0.343 e. The Morgan fingerprint density at radius 1 is 0.905 bits per heavy atom. The van der Waals surface area contributed by atoms with Crippen LogP contribution in [0.1, 0.15) is 97.3 Å². The monoisotopic (exact) mass is 295 g/mol. The van der Waals surface area contributed by atoms with Crippen molar-refractivity contribution in [1.29, 1.82) is 0 Å². The number of unbranched alkanes of at least 4 members (excludes halogenated alkanes) is 6. The highest BCUT2D eigenvalue weighted by Crippen LogP contribution is 2.23. The molecule has 0 unspecified atom stereocenters. The molecular weight excluding hydrogens is 258 g/mol. The summed E-state index contributed by atoms with van der Waals surface area (Å²) in [5, 5.41) is 0. The molecule has 2 nitrogen and oxygen atoms in total. The maximum atomic E-state index is 11.7. The van der Waals surface area contributed by atoms with E-state index in [0.717, 1.165) is 31.8 Å². The van der Waals surface area contributed by atoms with Gasteiger partial charge in [-0.3, -0.25) is 4.79 Å². The summed E-state index contributed by atoms with van der Waals surface area (Å²) in [5.41, 5.74) is 0. The number of carbonyl (C=O) groups is 1. The van der Waals surface area contributed by atoms with Gasteiger partial charge in [0.25, 0.3) is 0 Å². The van der Waals surface area contributed by atoms with Crippen molar-refractivity contribution in [3.63, 3.8) is 0 Å². The van der Waals surface area contributed by atoms with Gasteiger partial charge in [0, 0.05) is 19.5 Å². The van der Waals surface area contributed by atoms with Crippen molar-refractivity contribution < 1.29 is 4.79 Å². The summed E-state index contributed by atoms with van der Waals surface area (Å²) < 4.78 is 0. The van der Waals surface area contributed by atoms with Crippen LogP contribution in [0.3, 0.4) is 0 Å². The molecule has 21 heavy (non-hydrogen) atoms. The maximum absolute atomic E-state index is 11.7. The Labute approximate surface area is 132 Å². The molecule has 0 aromatic heterocycles. The Kier molecular flexibility index (Phi) is 10.6. The SMILES string of the molecule is CCCCCCC(CCCCCC)CCN1CCCC1=O. The van der Waals surface area contributed by atoms with Crippen molar-refractivity contribution in [3.8, 4) is 0 Å². The van der Waals surface area contributed by atoms with E-state index >= 15 is 0 Å². The minimum atomic E-state index is 0.394. The van der Waals surface area contributed by atoms with Crippen molar-refractivity contribution in [3.05, 3.63) is 0 Å². The van der Waals surface area contributed by atoms with Gasteiger partial charge in [-0.05, 0) is 18.8 Å². The van der Waals surface area contributed by atoms with Gasteiger partial charge in [0.2, 0.25) is 5.91 Å². The van der Waals surface area contributed by atoms with Crippen LogP contribution in [0, 0.1) is 5.92 Å². The first-order valence-electron chi connectivity index (χ1n) is 9.55. The average molecular weight is 296 g/mol. The van der Waals surface area contributed by atoms with E-state index in [4.69, 9.17) is 0 Å². The molecule has 1 rings (SSSR count). The van der Waals surface area contributed by atoms with Gasteiger partial charge in [0.1, 0.15) is 0 Å². The van der Waals surface area contributed by atoms with Gasteiger partial charge < -0.3 is 4.90 Å². The van der Waals surface area contributed by atoms with Crippen LogP contribution in [-0.2, 0) is 4.79 Å². The molecule has 2 heteroatoms. The highest BCUT2D eigenvalue weighted by Gasteiger charge is 2.20. The number of hydrogen-bond acceptors (Lipinski definition) is 1. The Morgan fingerprint density at radius 2 is 1.52 bits per heavy atom. The minimum Gasteiger partial charge on any atom is -0.343 e. The molecule has 1 aliphatic heterocycles. The Balaban J connectivity index is 2.22. The Hall–Kier alpha value is -0.530. The van der Waals surface area contributed by atoms with Crippen LogP contribution in [-0.4, -0.2) is 23.9 Å². The molecule has 1 saturated heterocycles. The summed E-state index contributed by atoms with van der Waals surface area (Å²) in [6.07, 6.45) is 16.9. The Morgan fingerprint density at radius 3 is 2.00 bits per heavy atom. The lowest BCUT2D eigenvalue weighted by atomic mass is 9.91. The van der Waals surface area contributed by atoms with Gasteiger partial charge in [0.05, 0.1) is 0 Å². The Bertz CT molecular complexity index is 252. The summed E-state index contributed by atoms with van der Waals surface area (Å²) in [6, 6.07) is 0. The summed E-state index contributed by atoms with van der Waals surface area (Å²) in [4.78, 5) is 13.8. The zero-order valence-electron chi connectivity index (χ0n) is 14.5. The van der Waals surface area contributed by atoms with Gasteiger partial charge in [0.15, 0.2) is 0 Å². The smallest absolute Gasteiger partial charge is 0.222 e. The number of carbonyl (C=O) groups excluding carboxylic acids is 1. The van der Waals surface area contributed by atoms with Crippen LogP contribution in [0.15, 0.2) is 0 Å². The molecule has 0 aromatic rings. The van der Waals surface area contributed by atoms with Crippen LogP contribution in [0.2, 0.25) is 0 Å². The maximum Gasteiger partial charge on any atom is 0.222 e. The number of amides is 1. The molecule has 0 radical (unpaired) electrons. The number of hydrogen-bond donors (Lipinski definition) is 0. The number of rotatable bonds is 13. The van der Waals surface area contributed by atoms with Gasteiger partial charge in [-0.1, -0.05) is 78.1 Å². The second-order valence-corrected chi connectivity index (χ2v) is 6.84. The topological polar surface area (TPSA) is 20.3 Å². The zero-order valence-corrected chi connectivity index (χ0v) is 14.5. The number of nitrogens with zero attached hydrogens (tertiary/aromatic N) is 1. The highest BCUT2D eigenvalue weighted by molar-refractivity contribution is 5.77. The standard InChI is InChI=1S/C19H37NO/c1-3-5-7-9-12-18(13-10-8-6-4-2)15-17-20-16-11-14-19(20)21/h18H,3-17H2,1-2H3. The fourth-order valence-electron chi connectivity index (χ4n) is 3.43. The number of likely N-dealkylation sites (tertiary alicyclic amines) is 1. The van der Waals surface area contributed by atoms with Crippen molar-refractivity contribution in [1.82, 2.24) is 4.90 Å². The second-order valence-electron chi connectivity index (χ2n) is 6.84. The molecule has 0 N–H and O–H groups in total. The van der Waals surface area contributed by atoms with E-state index in [2.05, 4.69) is 18.7 Å². The van der Waals surface area contributed by atoms with Gasteiger partial charge in [-0.15, -0.1) is 0 Å². The van der Waals surface area contributed by atoms with E-state index in [1.807, 2.05) is 0 Å². The lowest BCUT2D eigenvalue weighted by Gasteiger charge is -2.21. The lowest BCUT2D eigenvalue weighted by Crippen LogP contribution is -2.27. The van der Waals surface area contributed by atoms with Crippen molar-refractivity contribution in [2.45, 2.75) is 97.3 Å². The quantitative estimate of drug-likeness (QED) is 0.408. The van der Waals surface area contributed by atoms with E-state index < -0.39 is 0 Å². The summed E-state index contributed by atoms with van der Waals surface area (Å²) in [6.45, 7) is 6.59. The zero-order chi connectivity index (χ0) is 15.3. The minimum absolute atomic E-state index is 0.394. The molecule has 0 aliphatic carbocycles. The fourth-order valence-corrected chi connectivity index (χ4v) is 3.43. The molecule has 0 atom stereocenters. The molecule has 0 spiro atoms. The molecule has 1 amide bonds. The van der Waals surface area contributed by atoms with E-state index in [9.17, 15) is 4.79 Å². The molecule has 1 fully saturated rings. The molecule has 0 saturated carbocycles. The third-order valence-corrected chi connectivity index (χ3v) is 4.91. The third kappa shape index (κ3) is 8.48. The third-order valence-electron chi connectivity index (χ3n) is 4.91. The molecular formula is C19H37NO. The van der Waals surface area contributed by atoms with Crippen molar-refractivity contribution >= 4 is 5.91 Å². The molecule has 1 heterocycles. The summed E-state index contributed by atoms with van der Waals surface area (Å²) >= 11 is 0. The first-order valence-corrected chi connectivity index (χ1v) is 9.55.